The van der Waals surface area contributed by atoms with Crippen LogP contribution in [0.1, 0.15) is 34.8 Å². The van der Waals surface area contributed by atoms with Gasteiger partial charge in [0.05, 0.1) is 12.2 Å². The molecule has 2 aromatic rings. The second kappa shape index (κ2) is 8.80. The van der Waals surface area contributed by atoms with Crippen molar-refractivity contribution in [2.45, 2.75) is 27.2 Å². The molecule has 0 aliphatic heterocycles. The van der Waals surface area contributed by atoms with E-state index in [1.807, 2.05) is 32.0 Å². The number of carbonyl (C=O) groups excluding carboxylic acids is 3. The van der Waals surface area contributed by atoms with Crippen molar-refractivity contribution in [2.75, 3.05) is 17.2 Å². The lowest BCUT2D eigenvalue weighted by molar-refractivity contribution is -0.123. The number of para-hydroxylation sites is 1. The van der Waals surface area contributed by atoms with E-state index < -0.39 is 11.9 Å². The summed E-state index contributed by atoms with van der Waals surface area (Å²) in [4.78, 5) is 35.7. The summed E-state index contributed by atoms with van der Waals surface area (Å²) in [6.45, 7) is 5.82. The zero-order valence-electron chi connectivity index (χ0n) is 15.1. The lowest BCUT2D eigenvalue weighted by Crippen LogP contribution is -2.22. The number of aryl methyl sites for hydroxylation is 2. The molecule has 0 saturated carbocycles. The van der Waals surface area contributed by atoms with Gasteiger partial charge in [0, 0.05) is 11.4 Å². The van der Waals surface area contributed by atoms with Gasteiger partial charge in [-0.1, -0.05) is 18.2 Å². The van der Waals surface area contributed by atoms with Gasteiger partial charge in [0.25, 0.3) is 0 Å². The highest BCUT2D eigenvalue weighted by Crippen LogP contribution is 2.19. The average Bonchev–Trinajstić information content (AvgIpc) is 2.59. The molecule has 0 atom stereocenters. The van der Waals surface area contributed by atoms with Crippen molar-refractivity contribution in [2.24, 2.45) is 0 Å². The van der Waals surface area contributed by atoms with E-state index in [0.717, 1.165) is 16.8 Å². The average molecular weight is 354 g/mol. The minimum Gasteiger partial charge on any atom is -0.462 e. The summed E-state index contributed by atoms with van der Waals surface area (Å²) in [7, 11) is 0. The first-order chi connectivity index (χ1) is 12.4. The van der Waals surface area contributed by atoms with Gasteiger partial charge >= 0.3 is 5.97 Å². The first kappa shape index (κ1) is 19.2. The number of esters is 1. The van der Waals surface area contributed by atoms with E-state index in [0.29, 0.717) is 17.9 Å². The van der Waals surface area contributed by atoms with E-state index >= 15 is 0 Å². The Morgan fingerprint density at radius 3 is 2.04 bits per heavy atom. The number of nitrogens with one attached hydrogen (secondary N) is 2. The van der Waals surface area contributed by atoms with Crippen molar-refractivity contribution in [1.82, 2.24) is 0 Å². The van der Waals surface area contributed by atoms with Crippen LogP contribution in [0.4, 0.5) is 11.4 Å². The molecular weight excluding hydrogens is 332 g/mol. The molecule has 0 aliphatic rings. The number of carbonyl (C=O) groups is 3. The van der Waals surface area contributed by atoms with Gasteiger partial charge in [-0.2, -0.15) is 0 Å². The molecule has 136 valence electrons. The monoisotopic (exact) mass is 354 g/mol. The maximum absolute atomic E-state index is 12.1. The molecule has 26 heavy (non-hydrogen) atoms. The molecular formula is C20H22N2O4. The highest BCUT2D eigenvalue weighted by atomic mass is 16.5. The molecule has 6 heteroatoms. The Bertz CT molecular complexity index is 793. The van der Waals surface area contributed by atoms with Crippen molar-refractivity contribution in [3.8, 4) is 0 Å². The Labute approximate surface area is 152 Å². The third-order valence-corrected chi connectivity index (χ3v) is 3.75. The van der Waals surface area contributed by atoms with Crippen molar-refractivity contribution in [3.05, 3.63) is 59.2 Å². The zero-order valence-corrected chi connectivity index (χ0v) is 15.1. The summed E-state index contributed by atoms with van der Waals surface area (Å²) in [5, 5.41) is 5.41. The highest BCUT2D eigenvalue weighted by molar-refractivity contribution is 6.08. The van der Waals surface area contributed by atoms with E-state index in [4.69, 9.17) is 4.74 Å². The number of ether oxygens (including phenoxy) is 1. The van der Waals surface area contributed by atoms with E-state index in [-0.39, 0.29) is 12.3 Å². The van der Waals surface area contributed by atoms with Crippen LogP contribution in [0.5, 0.6) is 0 Å². The predicted octanol–water partition coefficient (Wildman–Crippen LogP) is 3.45. The van der Waals surface area contributed by atoms with Crippen molar-refractivity contribution in [3.63, 3.8) is 0 Å². The van der Waals surface area contributed by atoms with E-state index in [2.05, 4.69) is 10.6 Å². The Kier molecular flexibility index (Phi) is 6.49. The van der Waals surface area contributed by atoms with Gasteiger partial charge in [-0.3, -0.25) is 9.59 Å². The summed E-state index contributed by atoms with van der Waals surface area (Å²) in [6, 6.07) is 12.0. The lowest BCUT2D eigenvalue weighted by atomic mass is 10.1. The molecule has 0 aromatic heterocycles. The van der Waals surface area contributed by atoms with Crippen molar-refractivity contribution < 1.29 is 19.1 Å². The molecule has 0 saturated heterocycles. The molecule has 2 aromatic carbocycles. The Hall–Kier alpha value is -3.15. The van der Waals surface area contributed by atoms with Crippen molar-refractivity contribution >= 4 is 29.2 Å². The number of rotatable bonds is 6. The fraction of sp³-hybridized carbons (Fsp3) is 0.250. The van der Waals surface area contributed by atoms with Gasteiger partial charge in [-0.15, -0.1) is 0 Å². The van der Waals surface area contributed by atoms with E-state index in [1.54, 1.807) is 31.2 Å². The smallest absolute Gasteiger partial charge is 0.338 e. The number of anilines is 2. The molecule has 0 unspecified atom stereocenters. The molecule has 6 nitrogen and oxygen atoms in total. The van der Waals surface area contributed by atoms with Crippen LogP contribution in [-0.2, 0) is 14.3 Å². The Morgan fingerprint density at radius 2 is 1.46 bits per heavy atom. The number of hydrogen-bond acceptors (Lipinski definition) is 4. The van der Waals surface area contributed by atoms with Crippen LogP contribution in [0.15, 0.2) is 42.5 Å². The normalized spacial score (nSPS) is 10.1. The molecule has 0 spiro atoms. The van der Waals surface area contributed by atoms with Gasteiger partial charge in [-0.25, -0.2) is 4.79 Å². The topological polar surface area (TPSA) is 84.5 Å². The number of benzene rings is 2. The zero-order chi connectivity index (χ0) is 19.1. The minimum absolute atomic E-state index is 0.298. The van der Waals surface area contributed by atoms with Gasteiger partial charge in [0.2, 0.25) is 11.8 Å². The fourth-order valence-electron chi connectivity index (χ4n) is 2.45. The molecule has 2 N–H and O–H groups in total. The second-order valence-electron chi connectivity index (χ2n) is 5.84. The molecule has 0 radical (unpaired) electrons. The van der Waals surface area contributed by atoms with Crippen molar-refractivity contribution in [1.29, 1.82) is 0 Å². The summed E-state index contributed by atoms with van der Waals surface area (Å²) >= 11 is 0. The van der Waals surface area contributed by atoms with E-state index in [1.165, 1.54) is 0 Å². The SMILES string of the molecule is CCOC(=O)c1ccc(NC(=O)CC(=O)Nc2c(C)cccc2C)cc1. The maximum atomic E-state index is 12.1. The standard InChI is InChI=1S/C20H22N2O4/c1-4-26-20(25)15-8-10-16(11-9-15)21-17(23)12-18(24)22-19-13(2)6-5-7-14(19)3/h5-11H,4,12H2,1-3H3,(H,21,23)(H,22,24). The predicted molar refractivity (Wildman–Crippen MR) is 100 cm³/mol. The van der Waals surface area contributed by atoms with Crippen LogP contribution in [-0.4, -0.2) is 24.4 Å². The van der Waals surface area contributed by atoms with E-state index in [9.17, 15) is 14.4 Å². The van der Waals surface area contributed by atoms with Crippen LogP contribution in [0.3, 0.4) is 0 Å². The summed E-state index contributed by atoms with van der Waals surface area (Å²) < 4.78 is 4.90. The third kappa shape index (κ3) is 5.17. The number of hydrogen-bond donors (Lipinski definition) is 2. The van der Waals surface area contributed by atoms with Gasteiger partial charge in [-0.05, 0) is 56.2 Å². The first-order valence-corrected chi connectivity index (χ1v) is 8.33. The second-order valence-corrected chi connectivity index (χ2v) is 5.84. The van der Waals surface area contributed by atoms with Gasteiger partial charge < -0.3 is 15.4 Å². The van der Waals surface area contributed by atoms with Gasteiger partial charge in [0.15, 0.2) is 0 Å². The maximum Gasteiger partial charge on any atom is 0.338 e. The first-order valence-electron chi connectivity index (χ1n) is 8.33. The molecule has 0 aliphatic carbocycles. The number of amides is 2. The Balaban J connectivity index is 1.92. The molecule has 0 fully saturated rings. The lowest BCUT2D eigenvalue weighted by Gasteiger charge is -2.11. The summed E-state index contributed by atoms with van der Waals surface area (Å²) in [5.74, 6) is -1.24. The van der Waals surface area contributed by atoms with Gasteiger partial charge in [0.1, 0.15) is 6.42 Å². The van der Waals surface area contributed by atoms with Crippen LogP contribution in [0.2, 0.25) is 0 Å². The molecule has 0 bridgehead atoms. The Morgan fingerprint density at radius 1 is 0.885 bits per heavy atom. The fourth-order valence-corrected chi connectivity index (χ4v) is 2.45. The minimum atomic E-state index is -0.433. The summed E-state index contributed by atoms with van der Waals surface area (Å²) in [5.41, 5.74) is 3.51. The highest BCUT2D eigenvalue weighted by Gasteiger charge is 2.13. The largest absolute Gasteiger partial charge is 0.462 e. The third-order valence-electron chi connectivity index (χ3n) is 3.75. The quantitative estimate of drug-likeness (QED) is 0.615. The molecule has 2 rings (SSSR count). The molecule has 2 amide bonds. The molecule has 0 heterocycles. The van der Waals surface area contributed by atoms with Crippen LogP contribution >= 0.6 is 0 Å². The summed E-state index contributed by atoms with van der Waals surface area (Å²) in [6.07, 6.45) is -0.298. The van der Waals surface area contributed by atoms with Crippen LogP contribution in [0, 0.1) is 13.8 Å². The van der Waals surface area contributed by atoms with Crippen LogP contribution < -0.4 is 10.6 Å². The van der Waals surface area contributed by atoms with Crippen LogP contribution in [0.25, 0.3) is 0 Å².